The lowest BCUT2D eigenvalue weighted by atomic mass is 10.2. The Morgan fingerprint density at radius 2 is 2.08 bits per heavy atom. The van der Waals surface area contributed by atoms with Crippen molar-refractivity contribution in [3.63, 3.8) is 0 Å². The Balaban J connectivity index is 1.82. The monoisotopic (exact) mass is 392 g/mol. The summed E-state index contributed by atoms with van der Waals surface area (Å²) in [6, 6.07) is 7.53. The number of carbonyl (C=O) groups excluding carboxylic acids is 2. The van der Waals surface area contributed by atoms with E-state index in [-0.39, 0.29) is 12.5 Å². The highest BCUT2D eigenvalue weighted by Crippen LogP contribution is 2.36. The Bertz CT molecular complexity index is 978. The van der Waals surface area contributed by atoms with Gasteiger partial charge in [-0.25, -0.2) is 9.78 Å². The third kappa shape index (κ3) is 3.58. The highest BCUT2D eigenvalue weighted by molar-refractivity contribution is 7.22. The van der Waals surface area contributed by atoms with Crippen molar-refractivity contribution in [2.24, 2.45) is 0 Å². The number of benzene rings is 1. The maximum atomic E-state index is 12.5. The average molecular weight is 393 g/mol. The van der Waals surface area contributed by atoms with Gasteiger partial charge in [0.15, 0.2) is 5.13 Å². The van der Waals surface area contributed by atoms with Crippen molar-refractivity contribution in [1.82, 2.24) is 4.98 Å². The van der Waals surface area contributed by atoms with Crippen molar-refractivity contribution in [1.29, 1.82) is 0 Å². The van der Waals surface area contributed by atoms with Gasteiger partial charge < -0.3 is 4.74 Å². The first kappa shape index (κ1) is 17.6. The second-order valence-electron chi connectivity index (χ2n) is 5.02. The van der Waals surface area contributed by atoms with Crippen LogP contribution in [-0.4, -0.2) is 23.5 Å². The van der Waals surface area contributed by atoms with Gasteiger partial charge in [-0.15, -0.1) is 11.3 Å². The number of halogens is 1. The standard InChI is InChI=1S/C17H13ClN2O3S2/c1-3-8-23-16(22)13-9(2)19-17(25-13)20-15(21)14-12(18)10-6-4-5-7-11(10)24-14/h3-7H,1,8H2,2H3,(H,19,20,21). The molecular formula is C17H13ClN2O3S2. The smallest absolute Gasteiger partial charge is 0.350 e. The number of thiophene rings is 1. The highest BCUT2D eigenvalue weighted by Gasteiger charge is 2.21. The Hall–Kier alpha value is -2.22. The molecular weight excluding hydrogens is 380 g/mol. The number of rotatable bonds is 5. The first-order valence-corrected chi connectivity index (χ1v) is 9.26. The number of nitrogens with one attached hydrogen (secondary N) is 1. The summed E-state index contributed by atoms with van der Waals surface area (Å²) >= 11 is 8.68. The number of carbonyl (C=O) groups is 2. The molecule has 1 amide bonds. The molecule has 0 aliphatic carbocycles. The third-order valence-corrected chi connectivity index (χ3v) is 6.00. The van der Waals surface area contributed by atoms with E-state index in [9.17, 15) is 9.59 Å². The molecule has 2 heterocycles. The molecule has 2 aromatic heterocycles. The predicted octanol–water partition coefficient (Wildman–Crippen LogP) is 4.91. The van der Waals surface area contributed by atoms with Gasteiger partial charge in [-0.1, -0.05) is 53.8 Å². The fourth-order valence-corrected chi connectivity index (χ4v) is 4.42. The zero-order chi connectivity index (χ0) is 18.0. The number of aryl methyl sites for hydroxylation is 1. The van der Waals surface area contributed by atoms with Gasteiger partial charge in [0.1, 0.15) is 16.4 Å². The molecule has 0 saturated carbocycles. The molecule has 3 rings (SSSR count). The number of nitrogens with zero attached hydrogens (tertiary/aromatic N) is 1. The van der Waals surface area contributed by atoms with Gasteiger partial charge in [0, 0.05) is 10.1 Å². The van der Waals surface area contributed by atoms with E-state index in [1.54, 1.807) is 6.92 Å². The minimum absolute atomic E-state index is 0.120. The molecule has 0 unspecified atom stereocenters. The zero-order valence-electron chi connectivity index (χ0n) is 13.2. The number of aromatic nitrogens is 1. The van der Waals surface area contributed by atoms with Crippen LogP contribution in [0.4, 0.5) is 5.13 Å². The van der Waals surface area contributed by atoms with Gasteiger partial charge in [0.2, 0.25) is 0 Å². The second-order valence-corrected chi connectivity index (χ2v) is 7.45. The van der Waals surface area contributed by atoms with E-state index in [2.05, 4.69) is 16.9 Å². The molecule has 1 N–H and O–H groups in total. The van der Waals surface area contributed by atoms with Crippen LogP contribution in [0.2, 0.25) is 5.02 Å². The van der Waals surface area contributed by atoms with Crippen LogP contribution in [0.15, 0.2) is 36.9 Å². The minimum Gasteiger partial charge on any atom is -0.457 e. The number of esters is 1. The normalized spacial score (nSPS) is 10.6. The van der Waals surface area contributed by atoms with Gasteiger partial charge in [-0.05, 0) is 13.0 Å². The van der Waals surface area contributed by atoms with Gasteiger partial charge >= 0.3 is 5.97 Å². The first-order valence-electron chi connectivity index (χ1n) is 7.25. The molecule has 0 aliphatic rings. The molecule has 0 spiro atoms. The number of amides is 1. The fourth-order valence-electron chi connectivity index (χ4n) is 2.15. The Morgan fingerprint density at radius 3 is 2.80 bits per heavy atom. The maximum Gasteiger partial charge on any atom is 0.350 e. The quantitative estimate of drug-likeness (QED) is 0.494. The molecule has 3 aromatic rings. The van der Waals surface area contributed by atoms with Gasteiger partial charge in [0.25, 0.3) is 5.91 Å². The molecule has 0 bridgehead atoms. The van der Waals surface area contributed by atoms with Crippen molar-refractivity contribution in [2.45, 2.75) is 6.92 Å². The van der Waals surface area contributed by atoms with Crippen LogP contribution in [0.25, 0.3) is 10.1 Å². The largest absolute Gasteiger partial charge is 0.457 e. The summed E-state index contributed by atoms with van der Waals surface area (Å²) in [6.07, 6.45) is 1.49. The molecule has 0 saturated heterocycles. The van der Waals surface area contributed by atoms with Crippen LogP contribution in [0, 0.1) is 6.92 Å². The SMILES string of the molecule is C=CCOC(=O)c1sc(NC(=O)c2sc3ccccc3c2Cl)nc1C. The van der Waals surface area contributed by atoms with Gasteiger partial charge in [-0.2, -0.15) is 0 Å². The summed E-state index contributed by atoms with van der Waals surface area (Å²) in [4.78, 5) is 29.4. The molecule has 25 heavy (non-hydrogen) atoms. The Morgan fingerprint density at radius 1 is 1.32 bits per heavy atom. The van der Waals surface area contributed by atoms with E-state index in [0.717, 1.165) is 21.4 Å². The van der Waals surface area contributed by atoms with E-state index >= 15 is 0 Å². The van der Waals surface area contributed by atoms with E-state index in [0.29, 0.717) is 25.6 Å². The molecule has 1 aromatic carbocycles. The minimum atomic E-state index is -0.490. The summed E-state index contributed by atoms with van der Waals surface area (Å²) in [5.74, 6) is -0.846. The van der Waals surface area contributed by atoms with E-state index in [4.69, 9.17) is 16.3 Å². The zero-order valence-corrected chi connectivity index (χ0v) is 15.6. The van der Waals surface area contributed by atoms with Gasteiger partial charge in [-0.3, -0.25) is 10.1 Å². The van der Waals surface area contributed by atoms with Crippen LogP contribution in [0.3, 0.4) is 0 Å². The average Bonchev–Trinajstić information content (AvgIpc) is 3.13. The predicted molar refractivity (Wildman–Crippen MR) is 102 cm³/mol. The maximum absolute atomic E-state index is 12.5. The van der Waals surface area contributed by atoms with Crippen molar-refractivity contribution >= 4 is 61.4 Å². The molecule has 5 nitrogen and oxygen atoms in total. The molecule has 8 heteroatoms. The number of fused-ring (bicyclic) bond motifs is 1. The van der Waals surface area contributed by atoms with Crippen LogP contribution in [0.5, 0.6) is 0 Å². The van der Waals surface area contributed by atoms with Crippen molar-refractivity contribution < 1.29 is 14.3 Å². The fraction of sp³-hybridized carbons (Fsp3) is 0.118. The first-order chi connectivity index (χ1) is 12.0. The summed E-state index contributed by atoms with van der Waals surface area (Å²) in [5, 5.41) is 4.27. The summed E-state index contributed by atoms with van der Waals surface area (Å²) in [5.41, 5.74) is 0.497. The van der Waals surface area contributed by atoms with Crippen LogP contribution < -0.4 is 5.32 Å². The third-order valence-electron chi connectivity index (χ3n) is 3.28. The number of ether oxygens (including phenoxy) is 1. The van der Waals surface area contributed by atoms with Crippen LogP contribution in [0.1, 0.15) is 25.0 Å². The molecule has 0 radical (unpaired) electrons. The molecule has 0 aliphatic heterocycles. The molecule has 128 valence electrons. The summed E-state index contributed by atoms with van der Waals surface area (Å²) in [6.45, 7) is 5.30. The lowest BCUT2D eigenvalue weighted by molar-refractivity contribution is 0.0554. The lowest BCUT2D eigenvalue weighted by Gasteiger charge is -1.99. The Kier molecular flexibility index (Phi) is 5.17. The molecule has 0 fully saturated rings. The van der Waals surface area contributed by atoms with Crippen molar-refractivity contribution in [3.05, 3.63) is 57.4 Å². The summed E-state index contributed by atoms with van der Waals surface area (Å²) < 4.78 is 5.93. The van der Waals surface area contributed by atoms with E-state index in [1.165, 1.54) is 17.4 Å². The van der Waals surface area contributed by atoms with E-state index in [1.807, 2.05) is 24.3 Å². The summed E-state index contributed by atoms with van der Waals surface area (Å²) in [7, 11) is 0. The number of hydrogen-bond donors (Lipinski definition) is 1. The lowest BCUT2D eigenvalue weighted by Crippen LogP contribution is -2.10. The van der Waals surface area contributed by atoms with Crippen LogP contribution >= 0.6 is 34.3 Å². The van der Waals surface area contributed by atoms with Gasteiger partial charge in [0.05, 0.1) is 10.7 Å². The number of anilines is 1. The number of hydrogen-bond acceptors (Lipinski definition) is 6. The van der Waals surface area contributed by atoms with Crippen LogP contribution in [-0.2, 0) is 4.74 Å². The highest BCUT2D eigenvalue weighted by atomic mass is 35.5. The van der Waals surface area contributed by atoms with E-state index < -0.39 is 5.97 Å². The topological polar surface area (TPSA) is 68.3 Å². The molecule has 0 atom stereocenters. The van der Waals surface area contributed by atoms with Crippen molar-refractivity contribution in [3.8, 4) is 0 Å². The Labute approximate surface area is 156 Å². The number of thiazole rings is 1. The second kappa shape index (κ2) is 7.35. The van der Waals surface area contributed by atoms with Crippen molar-refractivity contribution in [2.75, 3.05) is 11.9 Å².